The van der Waals surface area contributed by atoms with Gasteiger partial charge in [-0.3, -0.25) is 14.2 Å². The van der Waals surface area contributed by atoms with Crippen LogP contribution < -0.4 is 5.56 Å². The van der Waals surface area contributed by atoms with Crippen molar-refractivity contribution in [2.24, 2.45) is 0 Å². The van der Waals surface area contributed by atoms with Crippen LogP contribution in [-0.2, 0) is 16.0 Å². The first kappa shape index (κ1) is 23.7. The summed E-state index contributed by atoms with van der Waals surface area (Å²) in [6.45, 7) is 7.88. The fourth-order valence-corrected chi connectivity index (χ4v) is 4.53. The third kappa shape index (κ3) is 4.63. The lowest BCUT2D eigenvalue weighted by molar-refractivity contribution is 0.0525. The molecule has 9 heteroatoms. The van der Waals surface area contributed by atoms with Crippen molar-refractivity contribution in [3.05, 3.63) is 57.1 Å². The van der Waals surface area contributed by atoms with Gasteiger partial charge in [0.05, 0.1) is 47.2 Å². The molecular formula is C23H27N3O5S. The summed E-state index contributed by atoms with van der Waals surface area (Å²) in [5.41, 5.74) is 2.28. The number of carbonyl (C=O) groups is 2. The normalized spacial score (nSPS) is 12.2. The maximum Gasteiger partial charge on any atom is 0.340 e. The second-order valence-electron chi connectivity index (χ2n) is 7.33. The molecule has 0 saturated heterocycles. The number of ketones is 1. The van der Waals surface area contributed by atoms with Crippen molar-refractivity contribution in [3.8, 4) is 0 Å². The van der Waals surface area contributed by atoms with Crippen LogP contribution in [-0.4, -0.2) is 51.9 Å². The first-order valence-corrected chi connectivity index (χ1v) is 11.2. The average molecular weight is 458 g/mol. The number of hydrogen-bond acceptors (Lipinski definition) is 7. The maximum absolute atomic E-state index is 13.2. The summed E-state index contributed by atoms with van der Waals surface area (Å²) in [5, 5.41) is 0.406. The number of carbonyl (C=O) groups excluding carboxylic acids is 2. The summed E-state index contributed by atoms with van der Waals surface area (Å²) >= 11 is 1.21. The van der Waals surface area contributed by atoms with Gasteiger partial charge in [0.1, 0.15) is 0 Å². The number of nitrogens with one attached hydrogen (secondary N) is 1. The van der Waals surface area contributed by atoms with Gasteiger partial charge >= 0.3 is 5.97 Å². The molecule has 2 aromatic heterocycles. The van der Waals surface area contributed by atoms with Gasteiger partial charge in [-0.1, -0.05) is 23.9 Å². The van der Waals surface area contributed by atoms with Crippen molar-refractivity contribution >= 4 is 34.4 Å². The highest BCUT2D eigenvalue weighted by Crippen LogP contribution is 2.27. The summed E-state index contributed by atoms with van der Waals surface area (Å²) in [4.78, 5) is 46.2. The van der Waals surface area contributed by atoms with E-state index >= 15 is 0 Å². The van der Waals surface area contributed by atoms with Gasteiger partial charge in [0.25, 0.3) is 5.56 Å². The van der Waals surface area contributed by atoms with Crippen LogP contribution in [0.2, 0.25) is 0 Å². The molecule has 0 bridgehead atoms. The number of methoxy groups -OCH3 is 1. The molecule has 3 aromatic rings. The minimum absolute atomic E-state index is 0.175. The zero-order chi connectivity index (χ0) is 23.4. The van der Waals surface area contributed by atoms with E-state index in [1.807, 2.05) is 6.07 Å². The summed E-state index contributed by atoms with van der Waals surface area (Å²) in [7, 11) is 1.57. The number of H-pyrrole nitrogens is 1. The number of hydrogen-bond donors (Lipinski definition) is 1. The number of aromatic amines is 1. The Hall–Kier alpha value is -2.91. The quantitative estimate of drug-likeness (QED) is 0.227. The molecule has 2 heterocycles. The highest BCUT2D eigenvalue weighted by atomic mass is 32.2. The van der Waals surface area contributed by atoms with Gasteiger partial charge in [-0.2, -0.15) is 0 Å². The molecule has 1 atom stereocenters. The summed E-state index contributed by atoms with van der Waals surface area (Å²) in [6, 6.07) is 7.12. The molecule has 32 heavy (non-hydrogen) atoms. The second-order valence-corrected chi connectivity index (χ2v) is 8.64. The number of fused-ring (bicyclic) bond motifs is 1. The van der Waals surface area contributed by atoms with Crippen molar-refractivity contribution in [2.75, 3.05) is 20.3 Å². The Labute approximate surface area is 190 Å². The van der Waals surface area contributed by atoms with Crippen molar-refractivity contribution in [2.45, 2.75) is 44.6 Å². The third-order valence-corrected chi connectivity index (χ3v) is 6.25. The van der Waals surface area contributed by atoms with Crippen LogP contribution in [0, 0.1) is 13.8 Å². The summed E-state index contributed by atoms with van der Waals surface area (Å²) < 4.78 is 11.8. The largest absolute Gasteiger partial charge is 0.462 e. The van der Waals surface area contributed by atoms with Gasteiger partial charge in [0, 0.05) is 12.8 Å². The lowest BCUT2D eigenvalue weighted by Crippen LogP contribution is -2.26. The molecule has 1 aromatic carbocycles. The number of para-hydroxylation sites is 1. The van der Waals surface area contributed by atoms with E-state index in [0.29, 0.717) is 51.7 Å². The number of aryl methyl sites for hydroxylation is 1. The fraction of sp³-hybridized carbons (Fsp3) is 0.391. The Kier molecular flexibility index (Phi) is 7.52. The topological polar surface area (TPSA) is 103 Å². The van der Waals surface area contributed by atoms with E-state index in [9.17, 15) is 14.4 Å². The highest BCUT2D eigenvalue weighted by Gasteiger charge is 2.27. The summed E-state index contributed by atoms with van der Waals surface area (Å²) in [6.07, 6.45) is 0. The standard InChI is InChI=1S/C23H27N3O5S/c1-6-31-22(29)18-13(2)19(24-14(18)3)20(27)15(4)32-23-25-17-10-8-7-9-16(17)21(28)26(23)11-12-30-5/h7-10,15,24H,6,11-12H2,1-5H3. The third-order valence-electron chi connectivity index (χ3n) is 5.16. The van der Waals surface area contributed by atoms with Gasteiger partial charge in [0.2, 0.25) is 0 Å². The van der Waals surface area contributed by atoms with Gasteiger partial charge in [0.15, 0.2) is 10.9 Å². The molecule has 3 rings (SSSR count). The Morgan fingerprint density at radius 3 is 2.66 bits per heavy atom. The summed E-state index contributed by atoms with van der Waals surface area (Å²) in [5.74, 6) is -0.644. The number of aromatic nitrogens is 3. The van der Waals surface area contributed by atoms with E-state index in [1.165, 1.54) is 16.3 Å². The van der Waals surface area contributed by atoms with Crippen LogP contribution in [0.3, 0.4) is 0 Å². The van der Waals surface area contributed by atoms with Crippen LogP contribution in [0.4, 0.5) is 0 Å². The minimum atomic E-state index is -0.552. The molecule has 0 aliphatic rings. The van der Waals surface area contributed by atoms with E-state index in [1.54, 1.807) is 53.0 Å². The number of esters is 1. The zero-order valence-corrected chi connectivity index (χ0v) is 19.7. The molecule has 0 aliphatic carbocycles. The first-order valence-electron chi connectivity index (χ1n) is 10.4. The predicted octanol–water partition coefficient (Wildman–Crippen LogP) is 3.53. The molecule has 8 nitrogen and oxygen atoms in total. The van der Waals surface area contributed by atoms with Crippen molar-refractivity contribution in [1.29, 1.82) is 0 Å². The molecule has 1 unspecified atom stereocenters. The number of Topliss-reactive ketones (excluding diaryl/α,β-unsaturated/α-hetero) is 1. The Bertz CT molecular complexity index is 1210. The predicted molar refractivity (Wildman–Crippen MR) is 124 cm³/mol. The SMILES string of the molecule is CCOC(=O)c1c(C)[nH]c(C(=O)C(C)Sc2nc3ccccc3c(=O)n2CCOC)c1C. The van der Waals surface area contributed by atoms with E-state index in [-0.39, 0.29) is 17.9 Å². The number of ether oxygens (including phenoxy) is 2. The maximum atomic E-state index is 13.2. The van der Waals surface area contributed by atoms with Gasteiger partial charge in [-0.15, -0.1) is 0 Å². The first-order chi connectivity index (χ1) is 15.3. The molecule has 1 N–H and O–H groups in total. The van der Waals surface area contributed by atoms with Gasteiger partial charge < -0.3 is 14.5 Å². The van der Waals surface area contributed by atoms with E-state index in [0.717, 1.165) is 0 Å². The van der Waals surface area contributed by atoms with E-state index < -0.39 is 11.2 Å². The lowest BCUT2D eigenvalue weighted by Gasteiger charge is -2.15. The molecule has 0 saturated carbocycles. The minimum Gasteiger partial charge on any atom is -0.462 e. The van der Waals surface area contributed by atoms with Crippen LogP contribution >= 0.6 is 11.8 Å². The number of rotatable bonds is 9. The monoisotopic (exact) mass is 457 g/mol. The number of benzene rings is 1. The second kappa shape index (κ2) is 10.1. The van der Waals surface area contributed by atoms with Crippen LogP contribution in [0.15, 0.2) is 34.2 Å². The lowest BCUT2D eigenvalue weighted by atomic mass is 10.1. The van der Waals surface area contributed by atoms with Crippen LogP contribution in [0.5, 0.6) is 0 Å². The zero-order valence-electron chi connectivity index (χ0n) is 18.9. The van der Waals surface area contributed by atoms with Gasteiger partial charge in [-0.05, 0) is 45.4 Å². The van der Waals surface area contributed by atoms with E-state index in [4.69, 9.17) is 9.47 Å². The molecule has 0 aliphatic heterocycles. The highest BCUT2D eigenvalue weighted by molar-refractivity contribution is 8.00. The molecule has 170 valence electrons. The molecule has 0 amide bonds. The Balaban J connectivity index is 1.96. The van der Waals surface area contributed by atoms with Crippen molar-refractivity contribution in [3.63, 3.8) is 0 Å². The van der Waals surface area contributed by atoms with Crippen LogP contribution in [0.25, 0.3) is 10.9 Å². The van der Waals surface area contributed by atoms with Crippen molar-refractivity contribution in [1.82, 2.24) is 14.5 Å². The smallest absolute Gasteiger partial charge is 0.340 e. The Morgan fingerprint density at radius 1 is 1.25 bits per heavy atom. The van der Waals surface area contributed by atoms with Gasteiger partial charge in [-0.25, -0.2) is 9.78 Å². The molecular weight excluding hydrogens is 430 g/mol. The van der Waals surface area contributed by atoms with Crippen LogP contribution in [0.1, 0.15) is 46.0 Å². The molecule has 0 fully saturated rings. The Morgan fingerprint density at radius 2 is 1.97 bits per heavy atom. The van der Waals surface area contributed by atoms with Crippen molar-refractivity contribution < 1.29 is 19.1 Å². The fourth-order valence-electron chi connectivity index (χ4n) is 3.54. The number of nitrogens with zero attached hydrogens (tertiary/aromatic N) is 2. The molecule has 0 spiro atoms. The number of thioether (sulfide) groups is 1. The average Bonchev–Trinajstić information content (AvgIpc) is 3.07. The van der Waals surface area contributed by atoms with E-state index in [2.05, 4.69) is 9.97 Å². The molecule has 0 radical (unpaired) electrons.